The molecule has 3 heteroatoms. The topological polar surface area (TPSA) is 25.8 Å². The summed E-state index contributed by atoms with van der Waals surface area (Å²) >= 11 is 1.88. The molecular weight excluding hydrogens is 697 g/mol. The Morgan fingerprint density at radius 2 is 0.804 bits per heavy atom. The second-order valence-corrected chi connectivity index (χ2v) is 15.5. The fraction of sp³-hybridized carbons (Fsp3) is 0.0189. The van der Waals surface area contributed by atoms with Crippen molar-refractivity contribution in [2.24, 2.45) is 0 Å². The summed E-state index contributed by atoms with van der Waals surface area (Å²) in [7, 11) is 0. The first-order chi connectivity index (χ1) is 27.8. The lowest BCUT2D eigenvalue weighted by Crippen LogP contribution is -2.32. The summed E-state index contributed by atoms with van der Waals surface area (Å²) in [5, 5.41) is 0. The van der Waals surface area contributed by atoms with Crippen LogP contribution in [-0.2, 0) is 5.41 Å². The van der Waals surface area contributed by atoms with E-state index in [1.54, 1.807) is 0 Å². The Bertz CT molecular complexity index is 2890. The molecule has 0 N–H and O–H groups in total. The molecule has 2 heterocycles. The highest BCUT2D eigenvalue weighted by Gasteiger charge is 2.50. The summed E-state index contributed by atoms with van der Waals surface area (Å²) in [6, 6.07) is 74.3. The molecular formula is C53H34N2S. The summed E-state index contributed by atoms with van der Waals surface area (Å²) in [6.45, 7) is 0. The molecule has 9 aromatic rings. The minimum atomic E-state index is -0.441. The normalized spacial score (nSPS) is 13.1. The number of hydrogen-bond acceptors (Lipinski definition) is 3. The van der Waals surface area contributed by atoms with Gasteiger partial charge in [-0.2, -0.15) is 0 Å². The van der Waals surface area contributed by atoms with Crippen molar-refractivity contribution < 1.29 is 0 Å². The smallest absolute Gasteiger partial charge is 0.160 e. The van der Waals surface area contributed by atoms with E-state index in [-0.39, 0.29) is 0 Å². The van der Waals surface area contributed by atoms with Gasteiger partial charge in [0, 0.05) is 26.5 Å². The van der Waals surface area contributed by atoms with Crippen LogP contribution in [0.4, 0.5) is 0 Å². The molecule has 0 saturated carbocycles. The average Bonchev–Trinajstić information content (AvgIpc) is 3.57. The van der Waals surface area contributed by atoms with Gasteiger partial charge < -0.3 is 0 Å². The van der Waals surface area contributed by atoms with Gasteiger partial charge in [-0.05, 0) is 67.8 Å². The number of nitrogens with zero attached hydrogens (tertiary/aromatic N) is 2. The number of rotatable bonds is 5. The van der Waals surface area contributed by atoms with Gasteiger partial charge >= 0.3 is 0 Å². The minimum absolute atomic E-state index is 0.441. The Balaban J connectivity index is 1.12. The molecule has 0 unspecified atom stereocenters. The van der Waals surface area contributed by atoms with E-state index >= 15 is 0 Å². The lowest BCUT2D eigenvalue weighted by atomic mass is 9.67. The zero-order valence-electron chi connectivity index (χ0n) is 30.4. The second kappa shape index (κ2) is 13.2. The van der Waals surface area contributed by atoms with Crippen molar-refractivity contribution in [1.29, 1.82) is 0 Å². The van der Waals surface area contributed by atoms with Gasteiger partial charge in [-0.3, -0.25) is 0 Å². The predicted molar refractivity (Wildman–Crippen MR) is 231 cm³/mol. The first-order valence-electron chi connectivity index (χ1n) is 19.1. The van der Waals surface area contributed by atoms with Crippen LogP contribution in [0.25, 0.3) is 67.3 Å². The molecule has 1 spiro atoms. The molecule has 2 nitrogen and oxygen atoms in total. The third-order valence-electron chi connectivity index (χ3n) is 11.4. The number of benzene rings is 8. The van der Waals surface area contributed by atoms with Crippen LogP contribution in [0, 0.1) is 0 Å². The quantitative estimate of drug-likeness (QED) is 0.176. The molecule has 8 aromatic carbocycles. The Kier molecular flexibility index (Phi) is 7.68. The van der Waals surface area contributed by atoms with Crippen LogP contribution in [0.1, 0.15) is 22.3 Å². The van der Waals surface area contributed by atoms with Crippen molar-refractivity contribution in [3.05, 3.63) is 229 Å². The van der Waals surface area contributed by atoms with E-state index in [0.29, 0.717) is 5.82 Å². The Morgan fingerprint density at radius 1 is 0.321 bits per heavy atom. The van der Waals surface area contributed by atoms with Crippen molar-refractivity contribution in [1.82, 2.24) is 9.97 Å². The Morgan fingerprint density at radius 3 is 1.50 bits per heavy atom. The fourth-order valence-electron chi connectivity index (χ4n) is 8.95. The monoisotopic (exact) mass is 730 g/mol. The molecule has 1 aliphatic heterocycles. The molecule has 0 fully saturated rings. The van der Waals surface area contributed by atoms with Crippen LogP contribution in [0.2, 0.25) is 0 Å². The van der Waals surface area contributed by atoms with E-state index in [2.05, 4.69) is 194 Å². The zero-order chi connectivity index (χ0) is 37.1. The van der Waals surface area contributed by atoms with Gasteiger partial charge in [-0.15, -0.1) is 0 Å². The van der Waals surface area contributed by atoms with Crippen LogP contribution in [-0.4, -0.2) is 9.97 Å². The third kappa shape index (κ3) is 5.05. The third-order valence-corrected chi connectivity index (χ3v) is 12.6. The summed E-state index contributed by atoms with van der Waals surface area (Å²) in [5.74, 6) is 0.701. The van der Waals surface area contributed by atoms with Crippen LogP contribution >= 0.6 is 11.8 Å². The van der Waals surface area contributed by atoms with Crippen LogP contribution < -0.4 is 0 Å². The number of fused-ring (bicyclic) bond motifs is 9. The van der Waals surface area contributed by atoms with Crippen LogP contribution in [0.5, 0.6) is 0 Å². The molecule has 0 radical (unpaired) electrons. The molecule has 0 atom stereocenters. The number of hydrogen-bond donors (Lipinski definition) is 0. The van der Waals surface area contributed by atoms with Gasteiger partial charge in [-0.25, -0.2) is 9.97 Å². The first kappa shape index (κ1) is 32.6. The van der Waals surface area contributed by atoms with Crippen LogP contribution in [0.15, 0.2) is 216 Å². The summed E-state index contributed by atoms with van der Waals surface area (Å²) in [4.78, 5) is 13.1. The van der Waals surface area contributed by atoms with Crippen molar-refractivity contribution >= 4 is 11.8 Å². The molecule has 11 rings (SSSR count). The molecule has 0 amide bonds. The van der Waals surface area contributed by atoms with Crippen molar-refractivity contribution in [2.75, 3.05) is 0 Å². The maximum atomic E-state index is 5.35. The fourth-order valence-corrected chi connectivity index (χ4v) is 10.3. The molecule has 1 aliphatic carbocycles. The van der Waals surface area contributed by atoms with E-state index in [1.807, 2.05) is 23.9 Å². The SMILES string of the molecule is c1ccc(-c2ccc(-c3nc(-c4ccccc4)cc(-c4ccccc4-c4cccc5c4Sc4ccccc4C54c5ccccc5-c5ccccc54)n3)cc2)cc1. The highest BCUT2D eigenvalue weighted by Crippen LogP contribution is 2.63. The van der Waals surface area contributed by atoms with E-state index < -0.39 is 5.41 Å². The summed E-state index contributed by atoms with van der Waals surface area (Å²) in [5.41, 5.74) is 17.1. The molecule has 2 aliphatic rings. The number of aromatic nitrogens is 2. The van der Waals surface area contributed by atoms with Gasteiger partial charge in [0.1, 0.15) is 0 Å². The Labute approximate surface area is 331 Å². The first-order valence-corrected chi connectivity index (χ1v) is 19.9. The molecule has 262 valence electrons. The molecule has 0 saturated heterocycles. The van der Waals surface area contributed by atoms with Gasteiger partial charge in [0.25, 0.3) is 0 Å². The maximum absolute atomic E-state index is 5.35. The molecule has 0 bridgehead atoms. The van der Waals surface area contributed by atoms with E-state index in [9.17, 15) is 0 Å². The van der Waals surface area contributed by atoms with Crippen molar-refractivity contribution in [3.8, 4) is 67.3 Å². The lowest BCUT2D eigenvalue weighted by molar-refractivity contribution is 0.723. The van der Waals surface area contributed by atoms with Gasteiger partial charge in [0.15, 0.2) is 5.82 Å². The average molecular weight is 731 g/mol. The van der Waals surface area contributed by atoms with E-state index in [1.165, 1.54) is 54.3 Å². The largest absolute Gasteiger partial charge is 0.228 e. The summed E-state index contributed by atoms with van der Waals surface area (Å²) in [6.07, 6.45) is 0. The highest BCUT2D eigenvalue weighted by atomic mass is 32.2. The predicted octanol–water partition coefficient (Wildman–Crippen LogP) is 13.6. The van der Waals surface area contributed by atoms with E-state index in [4.69, 9.17) is 9.97 Å². The Hall–Kier alpha value is -6.81. The van der Waals surface area contributed by atoms with Crippen LogP contribution in [0.3, 0.4) is 0 Å². The van der Waals surface area contributed by atoms with Crippen molar-refractivity contribution in [2.45, 2.75) is 15.2 Å². The molecule has 56 heavy (non-hydrogen) atoms. The van der Waals surface area contributed by atoms with Gasteiger partial charge in [0.2, 0.25) is 0 Å². The van der Waals surface area contributed by atoms with E-state index in [0.717, 1.165) is 39.2 Å². The van der Waals surface area contributed by atoms with Gasteiger partial charge in [-0.1, -0.05) is 206 Å². The standard InChI is InChI=1S/C53H34N2S/c1-3-16-35(17-4-1)36-30-32-38(33-31-36)52-54-48(37-18-5-2-6-19-37)34-49(55-52)42-23-8-7-20-39(42)43-24-15-28-47-51(43)56-50-29-14-13-27-46(50)53(47)44-25-11-9-21-40(44)41-22-10-12-26-45(41)53/h1-34H. The second-order valence-electron chi connectivity index (χ2n) is 14.4. The summed E-state index contributed by atoms with van der Waals surface area (Å²) < 4.78 is 0. The van der Waals surface area contributed by atoms with Gasteiger partial charge in [0.05, 0.1) is 16.8 Å². The molecule has 1 aromatic heterocycles. The lowest BCUT2D eigenvalue weighted by Gasteiger charge is -2.40. The zero-order valence-corrected chi connectivity index (χ0v) is 31.2. The maximum Gasteiger partial charge on any atom is 0.160 e. The highest BCUT2D eigenvalue weighted by molar-refractivity contribution is 7.99. The van der Waals surface area contributed by atoms with Crippen molar-refractivity contribution in [3.63, 3.8) is 0 Å². The minimum Gasteiger partial charge on any atom is -0.228 e.